The van der Waals surface area contributed by atoms with E-state index in [1.165, 1.54) is 23.4 Å². The molecule has 1 aromatic heterocycles. The number of Topliss-reactive ketones (excluding diaryl/α,β-unsaturated/α-hetero) is 1. The van der Waals surface area contributed by atoms with Gasteiger partial charge in [-0.3, -0.25) is 9.59 Å². The third-order valence-corrected chi connectivity index (χ3v) is 7.87. The number of hydrogen-bond acceptors (Lipinski definition) is 6. The second-order valence-electron chi connectivity index (χ2n) is 8.60. The summed E-state index contributed by atoms with van der Waals surface area (Å²) in [7, 11) is -3.76. The minimum Gasteiger partial charge on any atom is -0.485 e. The summed E-state index contributed by atoms with van der Waals surface area (Å²) in [5, 5.41) is 0. The number of benzene rings is 2. The van der Waals surface area contributed by atoms with Crippen molar-refractivity contribution >= 4 is 21.7 Å². The summed E-state index contributed by atoms with van der Waals surface area (Å²) < 4.78 is 38.9. The Morgan fingerprint density at radius 2 is 1.71 bits per heavy atom. The Labute approximate surface area is 205 Å². The number of nitrogens with zero attached hydrogens (tertiary/aromatic N) is 2. The number of piperazine rings is 1. The molecule has 0 radical (unpaired) electrons. The van der Waals surface area contributed by atoms with Crippen LogP contribution in [0.5, 0.6) is 5.75 Å². The van der Waals surface area contributed by atoms with Gasteiger partial charge in [-0.2, -0.15) is 4.31 Å². The standard InChI is InChI=1S/C26H28N2O6S/c1-18-7-9-24(19(2)15-18)33-17-22-8-10-25(34-22)26(30)27-11-13-28(14-12-27)35(31,32)23-6-4-5-21(16-23)20(3)29/h4-10,15-16H,11-14,17H2,1-3H3. The van der Waals surface area contributed by atoms with Crippen LogP contribution in [0, 0.1) is 13.8 Å². The summed E-state index contributed by atoms with van der Waals surface area (Å²) in [6.07, 6.45) is 0. The van der Waals surface area contributed by atoms with Crippen LogP contribution in [0.3, 0.4) is 0 Å². The average Bonchev–Trinajstić information content (AvgIpc) is 3.32. The first-order valence-electron chi connectivity index (χ1n) is 11.3. The summed E-state index contributed by atoms with van der Waals surface area (Å²) in [6, 6.07) is 15.2. The summed E-state index contributed by atoms with van der Waals surface area (Å²) in [6.45, 7) is 6.36. The Morgan fingerprint density at radius 1 is 0.971 bits per heavy atom. The number of ether oxygens (including phenoxy) is 1. The van der Waals surface area contributed by atoms with Crippen LogP contribution in [0.25, 0.3) is 0 Å². The molecule has 2 heterocycles. The minimum absolute atomic E-state index is 0.0736. The predicted molar refractivity (Wildman–Crippen MR) is 130 cm³/mol. The molecule has 1 saturated heterocycles. The fraction of sp³-hybridized carbons (Fsp3) is 0.308. The molecule has 35 heavy (non-hydrogen) atoms. The first-order chi connectivity index (χ1) is 16.6. The van der Waals surface area contributed by atoms with Gasteiger partial charge in [0.15, 0.2) is 11.5 Å². The van der Waals surface area contributed by atoms with Gasteiger partial charge < -0.3 is 14.1 Å². The van der Waals surface area contributed by atoms with Crippen LogP contribution >= 0.6 is 0 Å². The van der Waals surface area contributed by atoms with Crippen LogP contribution in [0.1, 0.15) is 44.7 Å². The zero-order chi connectivity index (χ0) is 25.2. The van der Waals surface area contributed by atoms with Crippen molar-refractivity contribution in [2.45, 2.75) is 32.3 Å². The average molecular weight is 497 g/mol. The zero-order valence-corrected chi connectivity index (χ0v) is 20.8. The second kappa shape index (κ2) is 10.1. The van der Waals surface area contributed by atoms with E-state index in [2.05, 4.69) is 0 Å². The lowest BCUT2D eigenvalue weighted by molar-refractivity contribution is 0.0662. The quantitative estimate of drug-likeness (QED) is 0.461. The van der Waals surface area contributed by atoms with Crippen LogP contribution in [-0.2, 0) is 16.6 Å². The van der Waals surface area contributed by atoms with E-state index >= 15 is 0 Å². The van der Waals surface area contributed by atoms with Crippen molar-refractivity contribution in [2.75, 3.05) is 26.2 Å². The molecule has 1 amide bonds. The van der Waals surface area contributed by atoms with E-state index in [0.717, 1.165) is 16.9 Å². The van der Waals surface area contributed by atoms with E-state index in [1.807, 2.05) is 32.0 Å². The smallest absolute Gasteiger partial charge is 0.289 e. The first-order valence-corrected chi connectivity index (χ1v) is 12.8. The molecule has 0 bridgehead atoms. The van der Waals surface area contributed by atoms with E-state index < -0.39 is 10.0 Å². The summed E-state index contributed by atoms with van der Waals surface area (Å²) in [5.41, 5.74) is 2.52. The highest BCUT2D eigenvalue weighted by atomic mass is 32.2. The Hall–Kier alpha value is -3.43. The lowest BCUT2D eigenvalue weighted by Gasteiger charge is -2.33. The third kappa shape index (κ3) is 5.47. The number of ketones is 1. The minimum atomic E-state index is -3.76. The second-order valence-corrected chi connectivity index (χ2v) is 10.5. The van der Waals surface area contributed by atoms with Gasteiger partial charge in [-0.15, -0.1) is 0 Å². The Bertz CT molecular complexity index is 1350. The van der Waals surface area contributed by atoms with E-state index in [0.29, 0.717) is 11.3 Å². The molecule has 3 aromatic rings. The highest BCUT2D eigenvalue weighted by molar-refractivity contribution is 7.89. The maximum Gasteiger partial charge on any atom is 0.289 e. The Kier molecular flexibility index (Phi) is 7.09. The van der Waals surface area contributed by atoms with Crippen molar-refractivity contribution in [1.82, 2.24) is 9.21 Å². The van der Waals surface area contributed by atoms with Crippen molar-refractivity contribution in [3.8, 4) is 5.75 Å². The molecule has 0 aliphatic carbocycles. The molecular weight excluding hydrogens is 468 g/mol. The van der Waals surface area contributed by atoms with Crippen LogP contribution in [0.4, 0.5) is 0 Å². The predicted octanol–water partition coefficient (Wildman–Crippen LogP) is 3.82. The molecule has 0 atom stereocenters. The lowest BCUT2D eigenvalue weighted by Crippen LogP contribution is -2.50. The van der Waals surface area contributed by atoms with Crippen molar-refractivity contribution in [3.05, 3.63) is 82.8 Å². The first kappa shape index (κ1) is 24.7. The normalized spacial score (nSPS) is 14.7. The molecule has 1 aliphatic heterocycles. The maximum absolute atomic E-state index is 13.0. The summed E-state index contributed by atoms with van der Waals surface area (Å²) in [4.78, 5) is 26.2. The molecule has 8 nitrogen and oxygen atoms in total. The Morgan fingerprint density at radius 3 is 2.40 bits per heavy atom. The zero-order valence-electron chi connectivity index (χ0n) is 20.0. The fourth-order valence-corrected chi connectivity index (χ4v) is 5.46. The highest BCUT2D eigenvalue weighted by Crippen LogP contribution is 2.22. The van der Waals surface area contributed by atoms with Crippen molar-refractivity contribution in [3.63, 3.8) is 0 Å². The molecule has 4 rings (SSSR count). The number of carbonyl (C=O) groups excluding carboxylic acids is 2. The van der Waals surface area contributed by atoms with E-state index in [4.69, 9.17) is 9.15 Å². The summed E-state index contributed by atoms with van der Waals surface area (Å²) in [5.74, 6) is 0.980. The molecule has 0 spiro atoms. The van der Waals surface area contributed by atoms with Gasteiger partial charge in [0, 0.05) is 31.7 Å². The number of aryl methyl sites for hydroxylation is 2. The van der Waals surface area contributed by atoms with Crippen LogP contribution in [-0.4, -0.2) is 55.5 Å². The van der Waals surface area contributed by atoms with Gasteiger partial charge in [-0.05, 0) is 56.7 Å². The number of hydrogen-bond donors (Lipinski definition) is 0. The molecule has 1 aliphatic rings. The fourth-order valence-electron chi connectivity index (χ4n) is 3.99. The molecule has 0 unspecified atom stereocenters. The number of amides is 1. The highest BCUT2D eigenvalue weighted by Gasteiger charge is 2.31. The lowest BCUT2D eigenvalue weighted by atomic mass is 10.1. The molecule has 0 N–H and O–H groups in total. The monoisotopic (exact) mass is 496 g/mol. The number of furan rings is 1. The van der Waals surface area contributed by atoms with E-state index in [1.54, 1.807) is 29.2 Å². The molecular formula is C26H28N2O6S. The third-order valence-electron chi connectivity index (χ3n) is 5.98. The van der Waals surface area contributed by atoms with Crippen LogP contribution in [0.2, 0.25) is 0 Å². The van der Waals surface area contributed by atoms with Gasteiger partial charge in [-0.1, -0.05) is 29.8 Å². The topological polar surface area (TPSA) is 97.1 Å². The largest absolute Gasteiger partial charge is 0.485 e. The number of carbonyl (C=O) groups is 2. The summed E-state index contributed by atoms with van der Waals surface area (Å²) >= 11 is 0. The molecule has 2 aromatic carbocycles. The van der Waals surface area contributed by atoms with Crippen molar-refractivity contribution < 1.29 is 27.2 Å². The van der Waals surface area contributed by atoms with Crippen molar-refractivity contribution in [2.24, 2.45) is 0 Å². The molecule has 1 fully saturated rings. The molecule has 9 heteroatoms. The molecule has 184 valence electrons. The van der Waals surface area contributed by atoms with Crippen LogP contribution in [0.15, 0.2) is 63.9 Å². The number of sulfonamides is 1. The number of rotatable bonds is 7. The van der Waals surface area contributed by atoms with Gasteiger partial charge in [0.05, 0.1) is 4.90 Å². The van der Waals surface area contributed by atoms with Gasteiger partial charge in [0.2, 0.25) is 10.0 Å². The van der Waals surface area contributed by atoms with Gasteiger partial charge in [0.25, 0.3) is 5.91 Å². The van der Waals surface area contributed by atoms with Gasteiger partial charge in [-0.25, -0.2) is 8.42 Å². The SMILES string of the molecule is CC(=O)c1cccc(S(=O)(=O)N2CCN(C(=O)c3ccc(COc4ccc(C)cc4C)o3)CC2)c1. The van der Waals surface area contributed by atoms with Crippen molar-refractivity contribution in [1.29, 1.82) is 0 Å². The maximum atomic E-state index is 13.0. The van der Waals surface area contributed by atoms with Gasteiger partial charge in [0.1, 0.15) is 18.1 Å². The van der Waals surface area contributed by atoms with E-state index in [-0.39, 0.29) is 55.1 Å². The van der Waals surface area contributed by atoms with Crippen LogP contribution < -0.4 is 4.74 Å². The molecule has 0 saturated carbocycles. The van der Waals surface area contributed by atoms with Gasteiger partial charge >= 0.3 is 0 Å². The Balaban J connectivity index is 1.36. The van der Waals surface area contributed by atoms with E-state index in [9.17, 15) is 18.0 Å².